The number of benzene rings is 2. The highest BCUT2D eigenvalue weighted by atomic mass is 32.1. The summed E-state index contributed by atoms with van der Waals surface area (Å²) in [5.74, 6) is 0.630. The first-order chi connectivity index (χ1) is 18.7. The summed E-state index contributed by atoms with van der Waals surface area (Å²) in [4.78, 5) is 31.0. The first kappa shape index (κ1) is 26.2. The fourth-order valence-electron chi connectivity index (χ4n) is 4.60. The molecule has 0 fully saturated rings. The number of carbonyl (C=O) groups is 1. The number of thiophene rings is 1. The van der Waals surface area contributed by atoms with Crippen molar-refractivity contribution >= 4 is 27.4 Å². The van der Waals surface area contributed by atoms with Crippen molar-refractivity contribution in [2.24, 2.45) is 0 Å². The van der Waals surface area contributed by atoms with Gasteiger partial charge in [0.05, 0.1) is 23.6 Å². The Morgan fingerprint density at radius 3 is 2.54 bits per heavy atom. The predicted molar refractivity (Wildman–Crippen MR) is 150 cm³/mol. The van der Waals surface area contributed by atoms with Crippen LogP contribution in [0.4, 0.5) is 0 Å². The minimum Gasteiger partial charge on any atom is -0.496 e. The lowest BCUT2D eigenvalue weighted by molar-refractivity contribution is -0.145. The number of methoxy groups -OCH3 is 1. The van der Waals surface area contributed by atoms with Crippen LogP contribution in [0.1, 0.15) is 36.6 Å². The molecule has 3 aromatic heterocycles. The SMILES string of the molecule is COc1ccccc1[C@H](Cc1cn(C(C)(C)C(=O)O)c(=O)c2c(C)c(-c3ncco3)sc12)Oc1ccccc1. The minimum absolute atomic E-state index is 0.340. The maximum absolute atomic E-state index is 13.8. The van der Waals surface area contributed by atoms with E-state index in [0.29, 0.717) is 34.8 Å². The molecule has 9 heteroatoms. The zero-order valence-corrected chi connectivity index (χ0v) is 22.8. The maximum atomic E-state index is 13.8. The van der Waals surface area contributed by atoms with E-state index in [4.69, 9.17) is 13.9 Å². The van der Waals surface area contributed by atoms with Gasteiger partial charge in [0.2, 0.25) is 5.89 Å². The molecular formula is C30H28N2O6S. The standard InChI is InChI=1S/C30H28N2O6S/c1-18-24-26(39-25(18)27-31-14-15-37-27)19(17-32(28(24)33)30(2,3)29(34)35)16-23(38-20-10-6-5-7-11-20)21-12-8-9-13-22(21)36-4/h5-15,17,23H,16H2,1-4H3,(H,34,35)/t23-/m0/s1. The molecule has 0 saturated carbocycles. The number of aryl methyl sites for hydroxylation is 1. The highest BCUT2D eigenvalue weighted by Crippen LogP contribution is 2.40. The molecule has 0 unspecified atom stereocenters. The van der Waals surface area contributed by atoms with Crippen molar-refractivity contribution in [3.05, 3.63) is 100 Å². The van der Waals surface area contributed by atoms with Crippen LogP contribution in [0.2, 0.25) is 0 Å². The molecule has 0 spiro atoms. The summed E-state index contributed by atoms with van der Waals surface area (Å²) < 4.78 is 19.8. The third-order valence-electron chi connectivity index (χ3n) is 6.82. The van der Waals surface area contributed by atoms with Gasteiger partial charge in [-0.05, 0) is 50.1 Å². The molecule has 0 aliphatic rings. The molecule has 8 nitrogen and oxygen atoms in total. The number of hydrogen-bond acceptors (Lipinski definition) is 7. The second kappa shape index (κ2) is 10.4. The Balaban J connectivity index is 1.75. The Kier molecular flexibility index (Phi) is 7.01. The summed E-state index contributed by atoms with van der Waals surface area (Å²) in [6.45, 7) is 4.86. The molecular weight excluding hydrogens is 516 g/mol. The van der Waals surface area contributed by atoms with Crippen molar-refractivity contribution in [3.8, 4) is 22.3 Å². The summed E-state index contributed by atoms with van der Waals surface area (Å²) in [6, 6.07) is 17.1. The number of fused-ring (bicyclic) bond motifs is 1. The van der Waals surface area contributed by atoms with E-state index in [1.165, 1.54) is 36.0 Å². The average Bonchev–Trinajstić information content (AvgIpc) is 3.58. The Morgan fingerprint density at radius 2 is 1.87 bits per heavy atom. The fraction of sp³-hybridized carbons (Fsp3) is 0.233. The first-order valence-corrected chi connectivity index (χ1v) is 13.2. The van der Waals surface area contributed by atoms with E-state index in [-0.39, 0.29) is 5.56 Å². The van der Waals surface area contributed by atoms with Gasteiger partial charge in [0.15, 0.2) is 0 Å². The monoisotopic (exact) mass is 544 g/mol. The van der Waals surface area contributed by atoms with Crippen molar-refractivity contribution in [1.29, 1.82) is 0 Å². The fourth-order valence-corrected chi connectivity index (χ4v) is 5.86. The third kappa shape index (κ3) is 4.81. The summed E-state index contributed by atoms with van der Waals surface area (Å²) in [6.07, 6.45) is 4.52. The van der Waals surface area contributed by atoms with Crippen LogP contribution in [0.3, 0.4) is 0 Å². The molecule has 0 aliphatic heterocycles. The van der Waals surface area contributed by atoms with Crippen molar-refractivity contribution in [3.63, 3.8) is 0 Å². The van der Waals surface area contributed by atoms with Crippen LogP contribution in [-0.2, 0) is 16.8 Å². The Morgan fingerprint density at radius 1 is 1.15 bits per heavy atom. The number of hydrogen-bond donors (Lipinski definition) is 1. The Hall–Kier alpha value is -4.37. The van der Waals surface area contributed by atoms with E-state index < -0.39 is 17.6 Å². The zero-order chi connectivity index (χ0) is 27.7. The van der Waals surface area contributed by atoms with E-state index in [0.717, 1.165) is 20.7 Å². The molecule has 39 heavy (non-hydrogen) atoms. The molecule has 0 saturated heterocycles. The second-order valence-electron chi connectivity index (χ2n) is 9.66. The number of rotatable bonds is 9. The third-order valence-corrected chi connectivity index (χ3v) is 8.18. The van der Waals surface area contributed by atoms with E-state index in [2.05, 4.69) is 4.98 Å². The molecule has 0 radical (unpaired) electrons. The number of aromatic nitrogens is 2. The lowest BCUT2D eigenvalue weighted by Gasteiger charge is -2.26. The molecule has 0 bridgehead atoms. The smallest absolute Gasteiger partial charge is 0.329 e. The van der Waals surface area contributed by atoms with Gasteiger partial charge in [0, 0.05) is 22.9 Å². The largest absolute Gasteiger partial charge is 0.496 e. The first-order valence-electron chi connectivity index (χ1n) is 12.4. The van der Waals surface area contributed by atoms with Crippen molar-refractivity contribution in [1.82, 2.24) is 9.55 Å². The molecule has 3 heterocycles. The summed E-state index contributed by atoms with van der Waals surface area (Å²) in [5.41, 5.74) is 0.408. The molecule has 200 valence electrons. The number of carboxylic acids is 1. The number of para-hydroxylation sites is 2. The van der Waals surface area contributed by atoms with Crippen LogP contribution in [0, 0.1) is 6.92 Å². The minimum atomic E-state index is -1.49. The van der Waals surface area contributed by atoms with Gasteiger partial charge in [0.25, 0.3) is 5.56 Å². The number of nitrogens with zero attached hydrogens (tertiary/aromatic N) is 2. The average molecular weight is 545 g/mol. The summed E-state index contributed by atoms with van der Waals surface area (Å²) >= 11 is 1.40. The lowest BCUT2D eigenvalue weighted by atomic mass is 9.98. The zero-order valence-electron chi connectivity index (χ0n) is 22.0. The number of ether oxygens (including phenoxy) is 2. The summed E-state index contributed by atoms with van der Waals surface area (Å²) in [7, 11) is 1.61. The lowest BCUT2D eigenvalue weighted by Crippen LogP contribution is -2.42. The Bertz CT molecular complexity index is 1690. The highest BCUT2D eigenvalue weighted by molar-refractivity contribution is 7.22. The maximum Gasteiger partial charge on any atom is 0.329 e. The van der Waals surface area contributed by atoms with Crippen molar-refractivity contribution in [2.45, 2.75) is 38.8 Å². The molecule has 0 aliphatic carbocycles. The van der Waals surface area contributed by atoms with Crippen LogP contribution >= 0.6 is 11.3 Å². The van der Waals surface area contributed by atoms with Gasteiger partial charge in [-0.15, -0.1) is 11.3 Å². The van der Waals surface area contributed by atoms with Crippen LogP contribution in [0.5, 0.6) is 11.5 Å². The van der Waals surface area contributed by atoms with Crippen LogP contribution in [0.15, 0.2) is 82.5 Å². The quantitative estimate of drug-likeness (QED) is 0.235. The second-order valence-corrected chi connectivity index (χ2v) is 10.7. The van der Waals surface area contributed by atoms with E-state index in [1.807, 2.05) is 61.5 Å². The van der Waals surface area contributed by atoms with Gasteiger partial charge in [-0.1, -0.05) is 36.4 Å². The van der Waals surface area contributed by atoms with Gasteiger partial charge >= 0.3 is 5.97 Å². The number of oxazole rings is 1. The molecule has 0 amide bonds. The number of pyridine rings is 1. The predicted octanol–water partition coefficient (Wildman–Crippen LogP) is 6.22. The Labute approximate surface area is 229 Å². The van der Waals surface area contributed by atoms with E-state index in [1.54, 1.807) is 19.5 Å². The highest BCUT2D eigenvalue weighted by Gasteiger charge is 2.33. The number of aliphatic carboxylic acids is 1. The summed E-state index contributed by atoms with van der Waals surface area (Å²) in [5, 5.41) is 10.4. The normalized spacial score (nSPS) is 12.4. The van der Waals surface area contributed by atoms with Crippen molar-refractivity contribution < 1.29 is 23.8 Å². The van der Waals surface area contributed by atoms with Gasteiger partial charge in [-0.3, -0.25) is 9.36 Å². The van der Waals surface area contributed by atoms with Gasteiger partial charge in [-0.25, -0.2) is 9.78 Å². The molecule has 5 aromatic rings. The molecule has 1 N–H and O–H groups in total. The van der Waals surface area contributed by atoms with Crippen molar-refractivity contribution in [2.75, 3.05) is 7.11 Å². The molecule has 1 atom stereocenters. The molecule has 5 rings (SSSR count). The van der Waals surface area contributed by atoms with Gasteiger partial charge < -0.3 is 19.0 Å². The number of carboxylic acid groups (broad SMARTS) is 1. The topological polar surface area (TPSA) is 104 Å². The van der Waals surface area contributed by atoms with E-state index in [9.17, 15) is 14.7 Å². The van der Waals surface area contributed by atoms with Crippen LogP contribution in [0.25, 0.3) is 20.9 Å². The van der Waals surface area contributed by atoms with E-state index >= 15 is 0 Å². The van der Waals surface area contributed by atoms with Gasteiger partial charge in [0.1, 0.15) is 29.4 Å². The molecule has 2 aromatic carbocycles. The van der Waals surface area contributed by atoms with Crippen LogP contribution in [-0.4, -0.2) is 27.7 Å². The van der Waals surface area contributed by atoms with Crippen LogP contribution < -0.4 is 15.0 Å². The van der Waals surface area contributed by atoms with Gasteiger partial charge in [-0.2, -0.15) is 0 Å².